The maximum atomic E-state index is 12.2. The molecule has 0 saturated carbocycles. The summed E-state index contributed by atoms with van der Waals surface area (Å²) in [7, 11) is 1.50. The summed E-state index contributed by atoms with van der Waals surface area (Å²) in [5.74, 6) is -0.509. The smallest absolute Gasteiger partial charge is 0.350 e. The number of hydrogen-bond acceptors (Lipinski definition) is 5. The first-order valence-electron chi connectivity index (χ1n) is 6.81. The first-order chi connectivity index (χ1) is 11.5. The molecule has 0 saturated heterocycles. The van der Waals surface area contributed by atoms with Gasteiger partial charge in [0.25, 0.3) is 0 Å². The summed E-state index contributed by atoms with van der Waals surface area (Å²) in [6.45, 7) is -0.374. The number of aromatic nitrogens is 1. The van der Waals surface area contributed by atoms with Crippen LogP contribution in [0.3, 0.4) is 0 Å². The number of aromatic amines is 1. The number of thiophene rings is 1. The van der Waals surface area contributed by atoms with Crippen molar-refractivity contribution in [2.24, 2.45) is 0 Å². The van der Waals surface area contributed by atoms with E-state index in [1.54, 1.807) is 30.5 Å². The highest BCUT2D eigenvalue weighted by Gasteiger charge is 2.22. The molecule has 1 N–H and O–H groups in total. The minimum Gasteiger partial charge on any atom is -0.495 e. The molecule has 0 atom stereocenters. The van der Waals surface area contributed by atoms with Crippen molar-refractivity contribution in [3.63, 3.8) is 0 Å². The first-order valence-corrected chi connectivity index (χ1v) is 8.38. The number of benzene rings is 1. The fraction of sp³-hybridized carbons (Fsp3) is 0.125. The van der Waals surface area contributed by atoms with Crippen LogP contribution in [0.4, 0.5) is 0 Å². The highest BCUT2D eigenvalue weighted by Crippen LogP contribution is 2.43. The van der Waals surface area contributed by atoms with Gasteiger partial charge in [0.1, 0.15) is 15.6 Å². The molecule has 3 rings (SSSR count). The highest BCUT2D eigenvalue weighted by molar-refractivity contribution is 7.22. The number of methoxy groups -OCH3 is 1. The number of ether oxygens (including phenoxy) is 2. The molecule has 0 amide bonds. The van der Waals surface area contributed by atoms with Gasteiger partial charge in [-0.1, -0.05) is 23.2 Å². The van der Waals surface area contributed by atoms with Crippen LogP contribution in [0, 0.1) is 0 Å². The van der Waals surface area contributed by atoms with E-state index in [4.69, 9.17) is 32.7 Å². The molecule has 0 aliphatic rings. The van der Waals surface area contributed by atoms with E-state index in [0.717, 1.165) is 11.3 Å². The van der Waals surface area contributed by atoms with Crippen molar-refractivity contribution < 1.29 is 19.1 Å². The monoisotopic (exact) mass is 383 g/mol. The Bertz CT molecular complexity index is 918. The predicted octanol–water partition coefficient (Wildman–Crippen LogP) is 4.58. The minimum atomic E-state index is -0.670. The largest absolute Gasteiger partial charge is 0.495 e. The van der Waals surface area contributed by atoms with Crippen molar-refractivity contribution in [2.75, 3.05) is 13.7 Å². The van der Waals surface area contributed by atoms with Crippen LogP contribution in [-0.2, 0) is 4.74 Å². The third kappa shape index (κ3) is 3.00. The number of carbonyl (C=O) groups excluding carboxylic acids is 2. The predicted molar refractivity (Wildman–Crippen MR) is 93.8 cm³/mol. The molecule has 3 aromatic rings. The van der Waals surface area contributed by atoms with Gasteiger partial charge in [-0.3, -0.25) is 4.79 Å². The Balaban J connectivity index is 1.83. The van der Waals surface area contributed by atoms with Crippen LogP contribution in [0.25, 0.3) is 10.1 Å². The van der Waals surface area contributed by atoms with E-state index in [9.17, 15) is 9.59 Å². The zero-order valence-electron chi connectivity index (χ0n) is 12.4. The van der Waals surface area contributed by atoms with Crippen LogP contribution in [0.15, 0.2) is 30.5 Å². The van der Waals surface area contributed by atoms with Crippen molar-refractivity contribution >= 4 is 56.4 Å². The molecule has 0 aliphatic heterocycles. The number of halogens is 2. The number of H-pyrrole nitrogens is 1. The molecule has 2 heterocycles. The number of ketones is 1. The average Bonchev–Trinajstić information content (AvgIpc) is 3.22. The Morgan fingerprint density at radius 1 is 1.21 bits per heavy atom. The van der Waals surface area contributed by atoms with Gasteiger partial charge < -0.3 is 14.5 Å². The standard InChI is InChI=1S/C16H11Cl2NO4S/c1-22-11-5-4-8-12(17)15(24-14(8)13(11)18)16(21)23-7-10(20)9-3-2-6-19-9/h2-6,19H,7H2,1H3. The number of esters is 1. The summed E-state index contributed by atoms with van der Waals surface area (Å²) in [5, 5.41) is 1.26. The molecule has 8 heteroatoms. The molecule has 2 aromatic heterocycles. The molecule has 124 valence electrons. The highest BCUT2D eigenvalue weighted by atomic mass is 35.5. The molecule has 24 heavy (non-hydrogen) atoms. The Hall–Kier alpha value is -2.02. The third-order valence-electron chi connectivity index (χ3n) is 3.34. The second kappa shape index (κ2) is 6.84. The second-order valence-corrected chi connectivity index (χ2v) is 6.56. The summed E-state index contributed by atoms with van der Waals surface area (Å²) in [5.41, 5.74) is 0.373. The fourth-order valence-corrected chi connectivity index (χ4v) is 3.93. The van der Waals surface area contributed by atoms with Crippen molar-refractivity contribution in [2.45, 2.75) is 0 Å². The Morgan fingerprint density at radius 3 is 2.67 bits per heavy atom. The quantitative estimate of drug-likeness (QED) is 0.516. The summed E-state index contributed by atoms with van der Waals surface area (Å²) in [6, 6.07) is 6.69. The van der Waals surface area contributed by atoms with Crippen LogP contribution >= 0.6 is 34.5 Å². The second-order valence-electron chi connectivity index (χ2n) is 4.79. The van der Waals surface area contributed by atoms with E-state index in [-0.39, 0.29) is 22.3 Å². The zero-order chi connectivity index (χ0) is 17.3. The third-order valence-corrected chi connectivity index (χ3v) is 5.53. The van der Waals surface area contributed by atoms with Gasteiger partial charge in [-0.15, -0.1) is 11.3 Å². The molecule has 0 aliphatic carbocycles. The lowest BCUT2D eigenvalue weighted by molar-refractivity contribution is 0.0478. The normalized spacial score (nSPS) is 10.8. The lowest BCUT2D eigenvalue weighted by atomic mass is 10.2. The van der Waals surface area contributed by atoms with E-state index >= 15 is 0 Å². The lowest BCUT2D eigenvalue weighted by Crippen LogP contribution is -2.14. The van der Waals surface area contributed by atoms with E-state index in [0.29, 0.717) is 26.6 Å². The molecule has 0 bridgehead atoms. The first kappa shape index (κ1) is 16.8. The van der Waals surface area contributed by atoms with Gasteiger partial charge in [0.2, 0.25) is 5.78 Å². The van der Waals surface area contributed by atoms with Gasteiger partial charge in [-0.25, -0.2) is 4.79 Å². The summed E-state index contributed by atoms with van der Waals surface area (Å²) < 4.78 is 10.8. The van der Waals surface area contributed by atoms with E-state index in [1.807, 2.05) is 0 Å². The van der Waals surface area contributed by atoms with Crippen molar-refractivity contribution in [3.05, 3.63) is 51.1 Å². The number of Topliss-reactive ketones (excluding diaryl/α,β-unsaturated/α-hetero) is 1. The van der Waals surface area contributed by atoms with Gasteiger partial charge in [0.15, 0.2) is 6.61 Å². The molecule has 5 nitrogen and oxygen atoms in total. The van der Waals surface area contributed by atoms with Crippen LogP contribution in [-0.4, -0.2) is 30.5 Å². The van der Waals surface area contributed by atoms with Gasteiger partial charge in [-0.05, 0) is 24.3 Å². The van der Waals surface area contributed by atoms with Gasteiger partial charge >= 0.3 is 5.97 Å². The average molecular weight is 384 g/mol. The Morgan fingerprint density at radius 2 is 2.00 bits per heavy atom. The minimum absolute atomic E-state index is 0.195. The van der Waals surface area contributed by atoms with Crippen LogP contribution in [0.1, 0.15) is 20.2 Å². The van der Waals surface area contributed by atoms with Crippen molar-refractivity contribution in [3.8, 4) is 5.75 Å². The molecular weight excluding hydrogens is 373 g/mol. The topological polar surface area (TPSA) is 68.4 Å². The zero-order valence-corrected chi connectivity index (χ0v) is 14.7. The van der Waals surface area contributed by atoms with Gasteiger partial charge in [0.05, 0.1) is 22.5 Å². The summed E-state index contributed by atoms with van der Waals surface area (Å²) in [6.07, 6.45) is 1.62. The van der Waals surface area contributed by atoms with E-state index in [2.05, 4.69) is 4.98 Å². The van der Waals surface area contributed by atoms with Gasteiger partial charge in [0, 0.05) is 11.6 Å². The van der Waals surface area contributed by atoms with Crippen LogP contribution in [0.2, 0.25) is 10.0 Å². The summed E-state index contributed by atoms with van der Waals surface area (Å²) in [4.78, 5) is 27.1. The number of carbonyl (C=O) groups is 2. The molecule has 0 radical (unpaired) electrons. The Kier molecular flexibility index (Phi) is 4.80. The maximum absolute atomic E-state index is 12.2. The fourth-order valence-electron chi connectivity index (χ4n) is 2.15. The molecule has 0 unspecified atom stereocenters. The number of nitrogens with one attached hydrogen (secondary N) is 1. The molecule has 0 spiro atoms. The number of rotatable bonds is 5. The van der Waals surface area contributed by atoms with Crippen LogP contribution in [0.5, 0.6) is 5.75 Å². The molecule has 0 fully saturated rings. The summed E-state index contributed by atoms with van der Waals surface area (Å²) >= 11 is 13.6. The van der Waals surface area contributed by atoms with Crippen LogP contribution < -0.4 is 4.74 Å². The maximum Gasteiger partial charge on any atom is 0.350 e. The van der Waals surface area contributed by atoms with E-state index < -0.39 is 5.97 Å². The van der Waals surface area contributed by atoms with E-state index in [1.165, 1.54) is 7.11 Å². The lowest BCUT2D eigenvalue weighted by Gasteiger charge is -2.02. The van der Waals surface area contributed by atoms with Crippen molar-refractivity contribution in [1.82, 2.24) is 4.98 Å². The Labute approximate surface area is 151 Å². The van der Waals surface area contributed by atoms with Crippen molar-refractivity contribution in [1.29, 1.82) is 0 Å². The number of hydrogen-bond donors (Lipinski definition) is 1. The van der Waals surface area contributed by atoms with Gasteiger partial charge in [-0.2, -0.15) is 0 Å². The molecular formula is C16H11Cl2NO4S. The SMILES string of the molecule is COc1ccc2c(Cl)c(C(=O)OCC(=O)c3ccc[nH]3)sc2c1Cl. The molecule has 1 aromatic carbocycles. The number of fused-ring (bicyclic) bond motifs is 1.